The first-order chi connectivity index (χ1) is 13.8. The maximum absolute atomic E-state index is 5.14. The second-order valence-electron chi connectivity index (χ2n) is 11.7. The highest BCUT2D eigenvalue weighted by Crippen LogP contribution is 2.61. The number of aryl methyl sites for hydroxylation is 1. The van der Waals surface area contributed by atoms with Crippen LogP contribution >= 0.6 is 0 Å². The molecule has 0 saturated heterocycles. The maximum atomic E-state index is 5.14. The summed E-state index contributed by atoms with van der Waals surface area (Å²) in [6.45, 7) is 9.08. The molecule has 0 aliphatic heterocycles. The minimum Gasteiger partial charge on any atom is -0.252 e. The number of rotatable bonds is 1. The largest absolute Gasteiger partial charge is 0.252 e. The number of hydrogen-bond acceptors (Lipinski definition) is 1. The monoisotopic (exact) mass is 383 g/mol. The van der Waals surface area contributed by atoms with E-state index in [0.29, 0.717) is 5.41 Å². The molecular weight excluding hydrogens is 350 g/mol. The average Bonchev–Trinajstić information content (AvgIpc) is 2.65. The molecule has 1 heterocycles. The third-order valence-electron chi connectivity index (χ3n) is 8.31. The molecule has 4 bridgehead atoms. The number of aromatic nitrogens is 1. The zero-order chi connectivity index (χ0) is 20.0. The van der Waals surface area contributed by atoms with E-state index in [1.165, 1.54) is 65.9 Å². The van der Waals surface area contributed by atoms with E-state index in [-0.39, 0.29) is 5.41 Å². The summed E-state index contributed by atoms with van der Waals surface area (Å²) in [6.07, 6.45) is 8.81. The molecule has 0 radical (unpaired) electrons. The highest BCUT2D eigenvalue weighted by Gasteiger charge is 2.51. The van der Waals surface area contributed by atoms with Crippen LogP contribution in [0.15, 0.2) is 36.4 Å². The summed E-state index contributed by atoms with van der Waals surface area (Å²) in [5.74, 6) is 2.95. The van der Waals surface area contributed by atoms with Crippen molar-refractivity contribution in [1.29, 1.82) is 0 Å². The molecule has 4 aliphatic carbocycles. The highest BCUT2D eigenvalue weighted by molar-refractivity contribution is 6.07. The fraction of sp³-hybridized carbons (Fsp3) is 0.536. The molecule has 150 valence electrons. The fourth-order valence-corrected chi connectivity index (χ4v) is 7.48. The third-order valence-corrected chi connectivity index (χ3v) is 8.31. The smallest absolute Gasteiger partial charge is 0.0712 e. The van der Waals surface area contributed by atoms with E-state index in [4.69, 9.17) is 4.98 Å². The van der Waals surface area contributed by atoms with Gasteiger partial charge in [0.2, 0.25) is 0 Å². The van der Waals surface area contributed by atoms with Crippen molar-refractivity contribution >= 4 is 21.7 Å². The molecule has 0 atom stereocenters. The van der Waals surface area contributed by atoms with E-state index in [0.717, 1.165) is 23.3 Å². The molecule has 0 unspecified atom stereocenters. The lowest BCUT2D eigenvalue weighted by molar-refractivity contribution is -0.00512. The van der Waals surface area contributed by atoms with E-state index in [2.05, 4.69) is 64.1 Å². The molecule has 1 heteroatoms. The van der Waals surface area contributed by atoms with Crippen molar-refractivity contribution in [2.45, 2.75) is 77.0 Å². The van der Waals surface area contributed by atoms with Gasteiger partial charge in [0.15, 0.2) is 0 Å². The molecular formula is C28H33N. The molecule has 0 spiro atoms. The van der Waals surface area contributed by atoms with Crippen molar-refractivity contribution < 1.29 is 0 Å². The van der Waals surface area contributed by atoms with Crippen LogP contribution in [0.5, 0.6) is 0 Å². The van der Waals surface area contributed by atoms with Gasteiger partial charge in [-0.05, 0) is 97.8 Å². The molecule has 4 fully saturated rings. The first-order valence-electron chi connectivity index (χ1n) is 11.7. The summed E-state index contributed by atoms with van der Waals surface area (Å²) >= 11 is 0. The molecule has 4 saturated carbocycles. The second kappa shape index (κ2) is 5.84. The summed E-state index contributed by atoms with van der Waals surface area (Å²) in [5, 5.41) is 4.11. The number of pyridine rings is 1. The Hall–Kier alpha value is -1.89. The Labute approximate surface area is 174 Å². The van der Waals surface area contributed by atoms with Crippen LogP contribution in [-0.2, 0) is 10.8 Å². The molecule has 1 aromatic heterocycles. The number of fused-ring (bicyclic) bond motifs is 3. The van der Waals surface area contributed by atoms with Gasteiger partial charge in [-0.15, -0.1) is 0 Å². The molecule has 4 aliphatic rings. The van der Waals surface area contributed by atoms with Crippen LogP contribution in [0.3, 0.4) is 0 Å². The predicted octanol–water partition coefficient (Wildman–Crippen LogP) is 7.46. The summed E-state index contributed by atoms with van der Waals surface area (Å²) < 4.78 is 0. The van der Waals surface area contributed by atoms with E-state index < -0.39 is 0 Å². The second-order valence-corrected chi connectivity index (χ2v) is 11.7. The average molecular weight is 384 g/mol. The minimum atomic E-state index is 0.0412. The van der Waals surface area contributed by atoms with Crippen LogP contribution in [0.1, 0.15) is 76.1 Å². The van der Waals surface area contributed by atoms with Gasteiger partial charge in [-0.3, -0.25) is 4.98 Å². The predicted molar refractivity (Wildman–Crippen MR) is 123 cm³/mol. The Morgan fingerprint density at radius 1 is 0.793 bits per heavy atom. The van der Waals surface area contributed by atoms with Gasteiger partial charge < -0.3 is 0 Å². The highest BCUT2D eigenvalue weighted by atomic mass is 14.7. The Bertz CT molecular complexity index is 1100. The fourth-order valence-electron chi connectivity index (χ4n) is 7.48. The van der Waals surface area contributed by atoms with Gasteiger partial charge in [0.25, 0.3) is 0 Å². The molecule has 1 nitrogen and oxygen atoms in total. The van der Waals surface area contributed by atoms with Crippen molar-refractivity contribution in [3.63, 3.8) is 0 Å². The Morgan fingerprint density at radius 3 is 2.07 bits per heavy atom. The van der Waals surface area contributed by atoms with E-state index >= 15 is 0 Å². The Morgan fingerprint density at radius 2 is 1.45 bits per heavy atom. The van der Waals surface area contributed by atoms with Gasteiger partial charge in [-0.1, -0.05) is 44.5 Å². The molecule has 7 rings (SSSR count). The van der Waals surface area contributed by atoms with Crippen molar-refractivity contribution in [1.82, 2.24) is 4.98 Å². The van der Waals surface area contributed by atoms with E-state index in [1.54, 1.807) is 5.56 Å². The van der Waals surface area contributed by atoms with Gasteiger partial charge in [0.05, 0.1) is 11.2 Å². The van der Waals surface area contributed by atoms with Crippen LogP contribution in [0.25, 0.3) is 21.7 Å². The van der Waals surface area contributed by atoms with Crippen molar-refractivity contribution in [2.24, 2.45) is 17.8 Å². The van der Waals surface area contributed by atoms with Gasteiger partial charge in [-0.25, -0.2) is 0 Å². The van der Waals surface area contributed by atoms with Crippen LogP contribution in [0.2, 0.25) is 0 Å². The zero-order valence-corrected chi connectivity index (χ0v) is 18.4. The van der Waals surface area contributed by atoms with Gasteiger partial charge >= 0.3 is 0 Å². The molecule has 0 N–H and O–H groups in total. The van der Waals surface area contributed by atoms with Crippen LogP contribution in [0, 0.1) is 24.7 Å². The van der Waals surface area contributed by atoms with Gasteiger partial charge in [0, 0.05) is 16.2 Å². The maximum Gasteiger partial charge on any atom is 0.0712 e. The van der Waals surface area contributed by atoms with Crippen molar-refractivity contribution in [2.75, 3.05) is 0 Å². The molecule has 0 amide bonds. The molecule has 3 aromatic rings. The summed E-state index contributed by atoms with van der Waals surface area (Å²) in [7, 11) is 0. The molecule has 29 heavy (non-hydrogen) atoms. The van der Waals surface area contributed by atoms with Gasteiger partial charge in [-0.2, -0.15) is 0 Å². The van der Waals surface area contributed by atoms with Crippen molar-refractivity contribution in [3.8, 4) is 0 Å². The lowest BCUT2D eigenvalue weighted by Gasteiger charge is -2.57. The Balaban J connectivity index is 1.61. The first-order valence-corrected chi connectivity index (χ1v) is 11.7. The summed E-state index contributed by atoms with van der Waals surface area (Å²) in [5.41, 5.74) is 5.82. The topological polar surface area (TPSA) is 12.9 Å². The lowest BCUT2D eigenvalue weighted by Crippen LogP contribution is -2.48. The Kier molecular flexibility index (Phi) is 3.61. The third kappa shape index (κ3) is 2.69. The van der Waals surface area contributed by atoms with E-state index in [1.807, 2.05) is 0 Å². The van der Waals surface area contributed by atoms with Crippen LogP contribution in [0.4, 0.5) is 0 Å². The molecule has 2 aromatic carbocycles. The normalized spacial score (nSPS) is 31.1. The minimum absolute atomic E-state index is 0.0412. The summed E-state index contributed by atoms with van der Waals surface area (Å²) in [4.78, 5) is 5.14. The quantitative estimate of drug-likeness (QED) is 0.397. The number of benzene rings is 2. The van der Waals surface area contributed by atoms with Crippen LogP contribution < -0.4 is 0 Å². The SMILES string of the molecule is Cc1ccc2nc(C(C)(C)C)c3ccc(C45CC6CC(CC(C6)C4)C5)cc3c2c1. The summed E-state index contributed by atoms with van der Waals surface area (Å²) in [6, 6.07) is 14.3. The van der Waals surface area contributed by atoms with E-state index in [9.17, 15) is 0 Å². The number of nitrogens with zero attached hydrogens (tertiary/aromatic N) is 1. The lowest BCUT2D eigenvalue weighted by atomic mass is 9.48. The van der Waals surface area contributed by atoms with Gasteiger partial charge in [0.1, 0.15) is 0 Å². The van der Waals surface area contributed by atoms with Crippen LogP contribution in [-0.4, -0.2) is 4.98 Å². The van der Waals surface area contributed by atoms with Crippen molar-refractivity contribution in [3.05, 3.63) is 53.2 Å². The first kappa shape index (κ1) is 17.9. The number of hydrogen-bond donors (Lipinski definition) is 0. The zero-order valence-electron chi connectivity index (χ0n) is 18.4. The standard InChI is InChI=1S/C28H33N/c1-17-5-8-25-24(9-17)23-13-21(6-7-22(23)26(29-25)27(2,3)4)28-14-18-10-19(15-28)12-20(11-18)16-28/h5-9,13,18-20H,10-12,14-16H2,1-4H3.